The number of halogens is 2. The second kappa shape index (κ2) is 3.13. The van der Waals surface area contributed by atoms with Gasteiger partial charge in [0.1, 0.15) is 16.9 Å². The monoisotopic (exact) mass is 235 g/mol. The van der Waals surface area contributed by atoms with Crippen LogP contribution in [-0.2, 0) is 0 Å². The van der Waals surface area contributed by atoms with E-state index in [4.69, 9.17) is 0 Å². The Kier molecular flexibility index (Phi) is 1.83. The second-order valence-corrected chi connectivity index (χ2v) is 3.81. The average molecular weight is 235 g/mol. The lowest BCUT2D eigenvalue weighted by Gasteiger charge is -1.94. The third-order valence-electron chi connectivity index (χ3n) is 2.61. The highest BCUT2D eigenvalue weighted by atomic mass is 19.2. The molecule has 0 radical (unpaired) electrons. The summed E-state index contributed by atoms with van der Waals surface area (Å²) in [5.41, 5.74) is 0.558. The van der Waals surface area contributed by atoms with Crippen LogP contribution in [-0.4, -0.2) is 15.0 Å². The van der Waals surface area contributed by atoms with Crippen molar-refractivity contribution in [2.45, 2.75) is 6.92 Å². The zero-order valence-corrected chi connectivity index (χ0v) is 8.77. The quantitative estimate of drug-likeness (QED) is 0.626. The maximum atomic E-state index is 13.2. The summed E-state index contributed by atoms with van der Waals surface area (Å²) in [6.07, 6.45) is 0. The van der Waals surface area contributed by atoms with Gasteiger partial charge in [-0.15, -0.1) is 0 Å². The minimum absolute atomic E-state index is 0.218. The first-order valence-electron chi connectivity index (χ1n) is 4.93. The molecule has 0 aliphatic rings. The second-order valence-electron chi connectivity index (χ2n) is 3.81. The summed E-state index contributed by atoms with van der Waals surface area (Å²) in [5, 5.41) is 0.396. The lowest BCUT2D eigenvalue weighted by atomic mass is 10.2. The molecule has 2 aromatic heterocycles. The number of aromatic nitrogens is 3. The fourth-order valence-electron chi connectivity index (χ4n) is 1.88. The highest BCUT2D eigenvalue weighted by molar-refractivity contribution is 6.04. The van der Waals surface area contributed by atoms with E-state index in [1.807, 2.05) is 0 Å². The van der Waals surface area contributed by atoms with Gasteiger partial charge in [-0.05, 0) is 13.0 Å². The van der Waals surface area contributed by atoms with Crippen LogP contribution in [0.25, 0.3) is 21.9 Å². The zero-order chi connectivity index (χ0) is 12.2. The number of fused-ring (bicyclic) bond motifs is 3. The van der Waals surface area contributed by atoms with Crippen LogP contribution in [0, 0.1) is 18.6 Å². The van der Waals surface area contributed by atoms with Crippen LogP contribution in [0.2, 0.25) is 0 Å². The van der Waals surface area contributed by atoms with Gasteiger partial charge >= 0.3 is 0 Å². The molecule has 3 aromatic rings. The van der Waals surface area contributed by atoms with Gasteiger partial charge in [-0.3, -0.25) is 4.79 Å². The number of H-pyrrole nitrogens is 2. The molecule has 1 aromatic carbocycles. The molecule has 2 N–H and O–H groups in total. The molecule has 0 amide bonds. The predicted molar refractivity (Wildman–Crippen MR) is 58.9 cm³/mol. The maximum absolute atomic E-state index is 13.2. The van der Waals surface area contributed by atoms with Crippen molar-refractivity contribution in [3.05, 3.63) is 39.9 Å². The van der Waals surface area contributed by atoms with E-state index < -0.39 is 11.6 Å². The first-order chi connectivity index (χ1) is 8.06. The third-order valence-corrected chi connectivity index (χ3v) is 2.61. The van der Waals surface area contributed by atoms with Crippen molar-refractivity contribution in [1.29, 1.82) is 0 Å². The summed E-state index contributed by atoms with van der Waals surface area (Å²) in [5.74, 6) is -1.50. The number of nitrogens with zero attached hydrogens (tertiary/aromatic N) is 1. The highest BCUT2D eigenvalue weighted by Gasteiger charge is 2.12. The van der Waals surface area contributed by atoms with Gasteiger partial charge in [0.25, 0.3) is 5.56 Å². The molecule has 0 unspecified atom stereocenters. The van der Waals surface area contributed by atoms with Crippen LogP contribution in [0.3, 0.4) is 0 Å². The van der Waals surface area contributed by atoms with Crippen molar-refractivity contribution >= 4 is 21.9 Å². The Balaban J connectivity index is 2.60. The molecule has 17 heavy (non-hydrogen) atoms. The molecule has 0 fully saturated rings. The maximum Gasteiger partial charge on any atom is 0.275 e. The van der Waals surface area contributed by atoms with Crippen LogP contribution in [0.5, 0.6) is 0 Å². The molecule has 0 aliphatic heterocycles. The topological polar surface area (TPSA) is 61.5 Å². The Bertz CT molecular complexity index is 804. The number of hydrogen-bond acceptors (Lipinski definition) is 2. The lowest BCUT2D eigenvalue weighted by Crippen LogP contribution is -2.09. The van der Waals surface area contributed by atoms with Crippen LogP contribution < -0.4 is 5.56 Å². The number of benzene rings is 1. The molecule has 0 saturated carbocycles. The normalized spacial score (nSPS) is 11.5. The highest BCUT2D eigenvalue weighted by Crippen LogP contribution is 2.23. The molecule has 0 saturated heterocycles. The van der Waals surface area contributed by atoms with Gasteiger partial charge < -0.3 is 9.97 Å². The number of rotatable bonds is 0. The van der Waals surface area contributed by atoms with Gasteiger partial charge in [0.15, 0.2) is 11.6 Å². The Hall–Kier alpha value is -2.24. The lowest BCUT2D eigenvalue weighted by molar-refractivity contribution is 0.511. The summed E-state index contributed by atoms with van der Waals surface area (Å²) >= 11 is 0. The van der Waals surface area contributed by atoms with E-state index >= 15 is 0 Å². The molecule has 0 bridgehead atoms. The summed E-state index contributed by atoms with van der Waals surface area (Å²) in [4.78, 5) is 21.0. The molecule has 0 aliphatic carbocycles. The van der Waals surface area contributed by atoms with Gasteiger partial charge in [0.2, 0.25) is 0 Å². The molecule has 6 heteroatoms. The van der Waals surface area contributed by atoms with E-state index in [0.29, 0.717) is 22.2 Å². The van der Waals surface area contributed by atoms with E-state index in [0.717, 1.165) is 12.1 Å². The first kappa shape index (κ1) is 9.95. The third kappa shape index (κ3) is 1.33. The molecule has 0 spiro atoms. The van der Waals surface area contributed by atoms with Gasteiger partial charge in [-0.25, -0.2) is 13.8 Å². The predicted octanol–water partition coefficient (Wildman–Crippen LogP) is 1.99. The minimum Gasteiger partial charge on any atom is -0.349 e. The SMILES string of the molecule is Cc1nc2c([nH]c3cc(F)c(F)cc32)c(=O)[nH]1. The Morgan fingerprint density at radius 1 is 1.18 bits per heavy atom. The number of aromatic amines is 2. The van der Waals surface area contributed by atoms with Gasteiger partial charge in [-0.2, -0.15) is 0 Å². The fourth-order valence-corrected chi connectivity index (χ4v) is 1.88. The summed E-state index contributed by atoms with van der Waals surface area (Å²) in [6, 6.07) is 2.05. The Morgan fingerprint density at radius 3 is 2.65 bits per heavy atom. The largest absolute Gasteiger partial charge is 0.349 e. The van der Waals surface area contributed by atoms with Crippen LogP contribution in [0.4, 0.5) is 8.78 Å². The molecule has 86 valence electrons. The molecule has 2 heterocycles. The van der Waals surface area contributed by atoms with E-state index in [1.165, 1.54) is 0 Å². The molecule has 4 nitrogen and oxygen atoms in total. The molecule has 3 rings (SSSR count). The van der Waals surface area contributed by atoms with Crippen molar-refractivity contribution in [2.75, 3.05) is 0 Å². The smallest absolute Gasteiger partial charge is 0.275 e. The van der Waals surface area contributed by atoms with E-state index in [9.17, 15) is 13.6 Å². The van der Waals surface area contributed by atoms with E-state index in [1.54, 1.807) is 6.92 Å². The minimum atomic E-state index is -0.961. The van der Waals surface area contributed by atoms with Crippen molar-refractivity contribution in [2.24, 2.45) is 0 Å². The van der Waals surface area contributed by atoms with Crippen molar-refractivity contribution in [3.63, 3.8) is 0 Å². The van der Waals surface area contributed by atoms with Crippen LogP contribution >= 0.6 is 0 Å². The van der Waals surface area contributed by atoms with Crippen LogP contribution in [0.15, 0.2) is 16.9 Å². The Labute approximate surface area is 93.3 Å². The molecule has 0 atom stereocenters. The van der Waals surface area contributed by atoms with Crippen LogP contribution in [0.1, 0.15) is 5.82 Å². The van der Waals surface area contributed by atoms with E-state index in [2.05, 4.69) is 15.0 Å². The summed E-state index contributed by atoms with van der Waals surface area (Å²) < 4.78 is 26.2. The summed E-state index contributed by atoms with van der Waals surface area (Å²) in [6.45, 7) is 1.62. The fraction of sp³-hybridized carbons (Fsp3) is 0.0909. The standard InChI is InChI=1S/C11H7F2N3O/c1-4-14-9-5-2-6(12)7(13)3-8(5)16-10(9)11(17)15-4/h2-3,16H,1H3,(H,14,15,17). The van der Waals surface area contributed by atoms with Crippen molar-refractivity contribution in [1.82, 2.24) is 15.0 Å². The average Bonchev–Trinajstić information content (AvgIpc) is 2.58. The molecular formula is C11H7F2N3O. The van der Waals surface area contributed by atoms with Crippen molar-refractivity contribution in [3.8, 4) is 0 Å². The van der Waals surface area contributed by atoms with Gasteiger partial charge in [0, 0.05) is 11.5 Å². The first-order valence-corrected chi connectivity index (χ1v) is 4.93. The zero-order valence-electron chi connectivity index (χ0n) is 8.77. The molecular weight excluding hydrogens is 228 g/mol. The number of nitrogens with one attached hydrogen (secondary N) is 2. The number of hydrogen-bond donors (Lipinski definition) is 2. The number of aryl methyl sites for hydroxylation is 1. The summed E-state index contributed by atoms with van der Waals surface area (Å²) in [7, 11) is 0. The van der Waals surface area contributed by atoms with Gasteiger partial charge in [0.05, 0.1) is 5.52 Å². The Morgan fingerprint density at radius 2 is 1.88 bits per heavy atom. The van der Waals surface area contributed by atoms with E-state index in [-0.39, 0.29) is 11.1 Å². The van der Waals surface area contributed by atoms with Crippen molar-refractivity contribution < 1.29 is 8.78 Å². The van der Waals surface area contributed by atoms with Gasteiger partial charge in [-0.1, -0.05) is 0 Å².